The Morgan fingerprint density at radius 1 is 0.677 bits per heavy atom. The van der Waals surface area contributed by atoms with Gasteiger partial charge in [0, 0.05) is 25.2 Å². The Morgan fingerprint density at radius 2 is 1.25 bits per heavy atom. The van der Waals surface area contributed by atoms with Crippen LogP contribution in [0.25, 0.3) is 33.2 Å². The van der Waals surface area contributed by atoms with Gasteiger partial charge in [0.25, 0.3) is 11.8 Å². The summed E-state index contributed by atoms with van der Waals surface area (Å²) in [7, 11) is 2.73. The second kappa shape index (κ2) is 15.8. The van der Waals surface area contributed by atoms with Crippen molar-refractivity contribution >= 4 is 46.1 Å². The number of carboxylic acid groups (broad SMARTS) is 1. The number of rotatable bonds is 11. The van der Waals surface area contributed by atoms with Crippen molar-refractivity contribution in [2.75, 3.05) is 14.2 Å². The van der Waals surface area contributed by atoms with E-state index in [1.165, 1.54) is 14.2 Å². The minimum Gasteiger partial charge on any atom is -0.465 e. The van der Waals surface area contributed by atoms with E-state index in [0.717, 1.165) is 63.8 Å². The van der Waals surface area contributed by atoms with Gasteiger partial charge in [0.15, 0.2) is 0 Å². The number of aromatic amines is 2. The van der Waals surface area contributed by atoms with Gasteiger partial charge in [-0.3, -0.25) is 14.5 Å². The van der Waals surface area contributed by atoms with Gasteiger partial charge in [0.05, 0.1) is 41.3 Å². The largest absolute Gasteiger partial charge is 0.465 e. The fraction of sp³-hybridized carbons (Fsp3) is 0.280. The first-order valence-electron chi connectivity index (χ1n) is 21.9. The number of aromatic nitrogens is 4. The van der Waals surface area contributed by atoms with Gasteiger partial charge in [-0.2, -0.15) is 0 Å². The molecule has 11 rings (SSSR count). The predicted molar refractivity (Wildman–Crippen MR) is 240 cm³/mol. The molecule has 0 spiro atoms. The van der Waals surface area contributed by atoms with Crippen LogP contribution in [-0.2, 0) is 14.3 Å². The minimum absolute atomic E-state index is 0.0544. The van der Waals surface area contributed by atoms with Crippen molar-refractivity contribution in [1.82, 2.24) is 40.0 Å². The maximum atomic E-state index is 14.3. The number of piperidine rings is 2. The molecule has 2 unspecified atom stereocenters. The van der Waals surface area contributed by atoms with Crippen molar-refractivity contribution in [2.45, 2.75) is 61.9 Å². The Labute approximate surface area is 373 Å². The molecule has 0 radical (unpaired) electrons. The zero-order valence-corrected chi connectivity index (χ0v) is 35.6. The average molecular weight is 871 g/mol. The highest BCUT2D eigenvalue weighted by molar-refractivity contribution is 5.89. The van der Waals surface area contributed by atoms with Crippen molar-refractivity contribution in [3.8, 4) is 22.6 Å². The molecular weight excluding hydrogens is 825 g/mol. The monoisotopic (exact) mass is 870 g/mol. The Hall–Kier alpha value is -7.68. The fourth-order valence-electron chi connectivity index (χ4n) is 10.2. The molecule has 2 aliphatic heterocycles. The van der Waals surface area contributed by atoms with Crippen LogP contribution < -0.4 is 10.1 Å². The first-order chi connectivity index (χ1) is 31.6. The van der Waals surface area contributed by atoms with Crippen molar-refractivity contribution in [1.29, 1.82) is 0 Å². The Bertz CT molecular complexity index is 2990. The second-order valence-corrected chi connectivity index (χ2v) is 17.6. The molecule has 5 aromatic carbocycles. The third-order valence-electron chi connectivity index (χ3n) is 13.6. The average Bonchev–Trinajstić information content (AvgIpc) is 3.99. The summed E-state index contributed by atoms with van der Waals surface area (Å²) in [4.78, 5) is 74.8. The molecule has 2 aromatic heterocycles. The van der Waals surface area contributed by atoms with Crippen LogP contribution in [0.2, 0.25) is 0 Å². The zero-order chi connectivity index (χ0) is 44.5. The maximum Gasteiger partial charge on any atom is 0.407 e. The first-order valence-corrected chi connectivity index (χ1v) is 21.9. The third kappa shape index (κ3) is 7.35. The number of amides is 4. The van der Waals surface area contributed by atoms with E-state index >= 15 is 0 Å². The van der Waals surface area contributed by atoms with E-state index in [-0.39, 0.29) is 36.0 Å². The van der Waals surface area contributed by atoms with Gasteiger partial charge in [-0.25, -0.2) is 19.6 Å². The van der Waals surface area contributed by atoms with E-state index in [4.69, 9.17) is 19.4 Å². The summed E-state index contributed by atoms with van der Waals surface area (Å²) in [5, 5.41) is 12.7. The molecule has 65 heavy (non-hydrogen) atoms. The summed E-state index contributed by atoms with van der Waals surface area (Å²) in [6.45, 7) is 0. The van der Waals surface area contributed by atoms with Crippen LogP contribution in [0.15, 0.2) is 121 Å². The van der Waals surface area contributed by atoms with Crippen molar-refractivity contribution in [2.24, 2.45) is 11.8 Å². The van der Waals surface area contributed by atoms with Crippen molar-refractivity contribution < 1.29 is 33.8 Å². The minimum atomic E-state index is -1.17. The number of fused-ring (bicyclic) bond motifs is 4. The Kier molecular flexibility index (Phi) is 9.78. The number of methoxy groups -OCH3 is 1. The number of H-pyrrole nitrogens is 2. The molecule has 4 fully saturated rings. The smallest absolute Gasteiger partial charge is 0.407 e. The lowest BCUT2D eigenvalue weighted by Crippen LogP contribution is -2.44. The van der Waals surface area contributed by atoms with Gasteiger partial charge >= 0.3 is 12.2 Å². The van der Waals surface area contributed by atoms with Crippen molar-refractivity contribution in [3.05, 3.63) is 144 Å². The number of imidazole rings is 2. The van der Waals surface area contributed by atoms with E-state index in [2.05, 4.69) is 15.3 Å². The number of alkyl carbamates (subject to hydrolysis) is 1. The number of nitrogens with one attached hydrogen (secondary N) is 3. The van der Waals surface area contributed by atoms with Crippen LogP contribution >= 0.6 is 0 Å². The van der Waals surface area contributed by atoms with Crippen LogP contribution in [0, 0.1) is 11.8 Å². The number of carbonyl (C=O) groups excluding carboxylic acids is 3. The number of likely N-dealkylation sites (N-methyl/N-ethyl adjacent to an activating group) is 1. The number of likely N-dealkylation sites (tertiary alicyclic amines) is 2. The molecule has 4 amide bonds. The molecular formula is C50H46N8O7. The molecule has 2 aliphatic carbocycles. The number of carbonyl (C=O) groups is 4. The maximum absolute atomic E-state index is 14.3. The number of hydrogen-bond acceptors (Lipinski definition) is 8. The first kappa shape index (κ1) is 40.1. The molecule has 328 valence electrons. The van der Waals surface area contributed by atoms with E-state index in [1.54, 1.807) is 12.1 Å². The zero-order valence-electron chi connectivity index (χ0n) is 35.6. The van der Waals surface area contributed by atoms with E-state index in [9.17, 15) is 24.3 Å². The highest BCUT2D eigenvalue weighted by Crippen LogP contribution is 2.55. The van der Waals surface area contributed by atoms with Crippen LogP contribution in [0.1, 0.15) is 72.6 Å². The highest BCUT2D eigenvalue weighted by atomic mass is 16.5. The summed E-state index contributed by atoms with van der Waals surface area (Å²) in [6, 6.07) is 35.5. The molecule has 7 aromatic rings. The SMILES string of the molecule is COC(=O)NC(C(=O)N1[C@@H]2C[C@H]2C[C@H]1c1nc2ccc(Oc3cccc(-c4ccc5nc([C@@H]6C[C@H]7C[C@H]7N6C(=O)C(c6ccccc6)N(C)C(=O)O)[nH]c5c4)c3)cc2[nH]1)c1ccccc1. The molecule has 4 aliphatic rings. The lowest BCUT2D eigenvalue weighted by Gasteiger charge is -2.33. The quantitative estimate of drug-likeness (QED) is 0.0987. The van der Waals surface area contributed by atoms with E-state index in [0.29, 0.717) is 46.1 Å². The lowest BCUT2D eigenvalue weighted by atomic mass is 10.0. The summed E-state index contributed by atoms with van der Waals surface area (Å²) in [5.41, 5.74) is 6.32. The normalized spacial score (nSPS) is 22.5. The van der Waals surface area contributed by atoms with Gasteiger partial charge in [-0.15, -0.1) is 0 Å². The van der Waals surface area contributed by atoms with Gasteiger partial charge in [-0.05, 0) is 96.2 Å². The van der Waals surface area contributed by atoms with Gasteiger partial charge in [0.1, 0.15) is 35.2 Å². The molecule has 8 atom stereocenters. The summed E-state index contributed by atoms with van der Waals surface area (Å²) < 4.78 is 11.3. The van der Waals surface area contributed by atoms with Crippen LogP contribution in [0.5, 0.6) is 11.5 Å². The predicted octanol–water partition coefficient (Wildman–Crippen LogP) is 8.67. The van der Waals surface area contributed by atoms with Gasteiger partial charge in [-0.1, -0.05) is 78.9 Å². The number of benzene rings is 5. The standard InChI is InChI=1S/C50H46N8O7/c1-56(50(62)63)44(28-12-7-4-8-13-28)48(60)58-40-23-32(40)25-42(58)46-51-35-18-16-30(21-37(35)53-46)29-14-9-15-33(20-29)65-34-17-19-36-38(26-34)54-45(52-36)41-24-31-22-39(31)57(41)47(59)43(55-49(61)64-2)27-10-5-3-6-11-27/h3-21,26,31-32,39-44H,22-25H2,1-2H3,(H,51,53)(H,52,54)(H,55,61)(H,62,63)/t31-,32+,39+,40+,41-,42-,43?,44?/m0/s1. The third-order valence-corrected chi connectivity index (χ3v) is 13.6. The molecule has 0 bridgehead atoms. The lowest BCUT2D eigenvalue weighted by molar-refractivity contribution is -0.138. The molecule has 15 nitrogen and oxygen atoms in total. The summed E-state index contributed by atoms with van der Waals surface area (Å²) in [6.07, 6.45) is 1.52. The van der Waals surface area contributed by atoms with Gasteiger partial charge in [0.2, 0.25) is 0 Å². The highest BCUT2D eigenvalue weighted by Gasteiger charge is 2.57. The van der Waals surface area contributed by atoms with Crippen LogP contribution in [-0.4, -0.2) is 90.0 Å². The molecule has 2 saturated heterocycles. The molecule has 4 N–H and O–H groups in total. The molecule has 2 saturated carbocycles. The second-order valence-electron chi connectivity index (χ2n) is 17.6. The topological polar surface area (TPSA) is 186 Å². The van der Waals surface area contributed by atoms with E-state index < -0.39 is 24.3 Å². The molecule has 4 heterocycles. The Balaban J connectivity index is 0.811. The summed E-state index contributed by atoms with van der Waals surface area (Å²) in [5.74, 6) is 2.92. The van der Waals surface area contributed by atoms with Gasteiger partial charge < -0.3 is 39.7 Å². The van der Waals surface area contributed by atoms with Crippen LogP contribution in [0.4, 0.5) is 9.59 Å². The molecule has 15 heteroatoms. The number of hydrogen-bond donors (Lipinski definition) is 4. The van der Waals surface area contributed by atoms with E-state index in [1.807, 2.05) is 119 Å². The van der Waals surface area contributed by atoms with Crippen LogP contribution in [0.3, 0.4) is 0 Å². The fourth-order valence-corrected chi connectivity index (χ4v) is 10.2. The number of ether oxygens (including phenoxy) is 2. The summed E-state index contributed by atoms with van der Waals surface area (Å²) >= 11 is 0. The number of nitrogens with zero attached hydrogens (tertiary/aromatic N) is 5. The Morgan fingerprint density at radius 3 is 1.88 bits per heavy atom. The van der Waals surface area contributed by atoms with Crippen molar-refractivity contribution in [3.63, 3.8) is 0 Å².